The van der Waals surface area contributed by atoms with Crippen molar-refractivity contribution in [2.75, 3.05) is 4.90 Å². The molecule has 0 fully saturated rings. The standard InChI is InChI=1S/C73H53N/c1-71(2)61-32-13-9-29-59(61)70-58(30-20-36-65(70)71)57-28-11-18-38-69(57)74(49-22-19-21-46(43-49)47-39-41-55-51-24-5-12-31-60(51)72(3,4)66(55)44-47)68-37-17-10-23-50(68)48-40-42-56-54-27-8-16-35-64(54)73(67(56)45-48)62-33-14-6-25-52(62)53-26-7-15-34-63(53)73/h5-45H,1-4H3. The molecule has 0 saturated heterocycles. The van der Waals surface area contributed by atoms with Crippen molar-refractivity contribution in [1.29, 1.82) is 0 Å². The number of hydrogen-bond donors (Lipinski definition) is 0. The Hall–Kier alpha value is -8.78. The number of nitrogens with zero attached hydrogens (tertiary/aromatic N) is 1. The van der Waals surface area contributed by atoms with Crippen molar-refractivity contribution in [1.82, 2.24) is 0 Å². The summed E-state index contributed by atoms with van der Waals surface area (Å²) >= 11 is 0. The lowest BCUT2D eigenvalue weighted by Gasteiger charge is -2.32. The van der Waals surface area contributed by atoms with Gasteiger partial charge in [0.2, 0.25) is 0 Å². The summed E-state index contributed by atoms with van der Waals surface area (Å²) < 4.78 is 0. The molecule has 0 heterocycles. The van der Waals surface area contributed by atoms with Gasteiger partial charge in [0.1, 0.15) is 0 Å². The van der Waals surface area contributed by atoms with E-state index in [1.807, 2.05) is 0 Å². The van der Waals surface area contributed by atoms with Crippen LogP contribution in [0.3, 0.4) is 0 Å². The highest BCUT2D eigenvalue weighted by Crippen LogP contribution is 2.64. The summed E-state index contributed by atoms with van der Waals surface area (Å²) in [6.07, 6.45) is 0. The minimum atomic E-state index is -0.450. The smallest absolute Gasteiger partial charge is 0.0725 e. The van der Waals surface area contributed by atoms with E-state index in [9.17, 15) is 0 Å². The molecule has 4 aliphatic carbocycles. The predicted molar refractivity (Wildman–Crippen MR) is 309 cm³/mol. The number of rotatable bonds is 6. The van der Waals surface area contributed by atoms with E-state index in [-0.39, 0.29) is 10.8 Å². The molecule has 11 aromatic rings. The van der Waals surface area contributed by atoms with Crippen LogP contribution in [0.5, 0.6) is 0 Å². The molecule has 74 heavy (non-hydrogen) atoms. The molecule has 1 nitrogen and oxygen atoms in total. The molecule has 1 heteroatoms. The molecule has 0 unspecified atom stereocenters. The lowest BCUT2D eigenvalue weighted by molar-refractivity contribution is 0.660. The normalized spacial score (nSPS) is 14.8. The first kappa shape index (κ1) is 42.9. The van der Waals surface area contributed by atoms with Crippen LogP contribution in [0, 0.1) is 0 Å². The van der Waals surface area contributed by atoms with Crippen molar-refractivity contribution >= 4 is 17.1 Å². The number of anilines is 3. The number of para-hydroxylation sites is 2. The van der Waals surface area contributed by atoms with Crippen molar-refractivity contribution in [2.24, 2.45) is 0 Å². The predicted octanol–water partition coefficient (Wildman–Crippen LogP) is 19.1. The summed E-state index contributed by atoms with van der Waals surface area (Å²) in [5, 5.41) is 0. The van der Waals surface area contributed by atoms with Gasteiger partial charge in [-0.1, -0.05) is 240 Å². The highest BCUT2D eigenvalue weighted by molar-refractivity contribution is 6.01. The Morgan fingerprint density at radius 1 is 0.243 bits per heavy atom. The third kappa shape index (κ3) is 5.76. The van der Waals surface area contributed by atoms with Gasteiger partial charge in [0.15, 0.2) is 0 Å². The molecule has 11 aromatic carbocycles. The minimum absolute atomic E-state index is 0.106. The zero-order chi connectivity index (χ0) is 49.5. The third-order valence-corrected chi connectivity index (χ3v) is 17.5. The maximum atomic E-state index is 2.55. The van der Waals surface area contributed by atoms with Gasteiger partial charge in [-0.15, -0.1) is 0 Å². The van der Waals surface area contributed by atoms with E-state index >= 15 is 0 Å². The van der Waals surface area contributed by atoms with Gasteiger partial charge >= 0.3 is 0 Å². The van der Waals surface area contributed by atoms with Crippen LogP contribution in [-0.2, 0) is 16.2 Å². The average molecular weight is 944 g/mol. The molecule has 350 valence electrons. The van der Waals surface area contributed by atoms with Crippen molar-refractivity contribution in [3.63, 3.8) is 0 Å². The second kappa shape index (κ2) is 15.6. The molecule has 0 aromatic heterocycles. The summed E-state index contributed by atoms with van der Waals surface area (Å²) in [5.41, 5.74) is 31.3. The number of benzene rings is 11. The van der Waals surface area contributed by atoms with Gasteiger partial charge < -0.3 is 4.90 Å². The quantitative estimate of drug-likeness (QED) is 0.161. The third-order valence-electron chi connectivity index (χ3n) is 17.5. The Morgan fingerprint density at radius 2 is 0.635 bits per heavy atom. The largest absolute Gasteiger partial charge is 0.309 e. The van der Waals surface area contributed by atoms with Gasteiger partial charge in [0.05, 0.1) is 16.8 Å². The maximum absolute atomic E-state index is 2.55. The summed E-state index contributed by atoms with van der Waals surface area (Å²) in [5.74, 6) is 0. The Balaban J connectivity index is 0.958. The summed E-state index contributed by atoms with van der Waals surface area (Å²) in [7, 11) is 0. The molecule has 0 bridgehead atoms. The molecule has 4 aliphatic rings. The van der Waals surface area contributed by atoms with Crippen molar-refractivity contribution in [3.8, 4) is 77.9 Å². The van der Waals surface area contributed by atoms with Crippen LogP contribution in [-0.4, -0.2) is 0 Å². The number of fused-ring (bicyclic) bond motifs is 16. The van der Waals surface area contributed by atoms with Crippen LogP contribution in [0.25, 0.3) is 77.9 Å². The fourth-order valence-corrected chi connectivity index (χ4v) is 14.2. The zero-order valence-corrected chi connectivity index (χ0v) is 42.1. The van der Waals surface area contributed by atoms with Crippen molar-refractivity contribution < 1.29 is 0 Å². The Kier molecular flexibility index (Phi) is 9.04. The molecule has 0 atom stereocenters. The molecule has 1 spiro atoms. The monoisotopic (exact) mass is 943 g/mol. The van der Waals surface area contributed by atoms with Gasteiger partial charge in [0.25, 0.3) is 0 Å². The highest BCUT2D eigenvalue weighted by atomic mass is 15.1. The van der Waals surface area contributed by atoms with Crippen LogP contribution in [0.4, 0.5) is 17.1 Å². The second-order valence-corrected chi connectivity index (χ2v) is 21.9. The van der Waals surface area contributed by atoms with Gasteiger partial charge in [-0.05, 0) is 148 Å². The Morgan fingerprint density at radius 3 is 1.27 bits per heavy atom. The minimum Gasteiger partial charge on any atom is -0.309 e. The molecule has 0 saturated carbocycles. The fourth-order valence-electron chi connectivity index (χ4n) is 14.2. The molecule has 15 rings (SSSR count). The van der Waals surface area contributed by atoms with E-state index in [0.29, 0.717) is 0 Å². The zero-order valence-electron chi connectivity index (χ0n) is 42.1. The van der Waals surface area contributed by atoms with Gasteiger partial charge in [-0.2, -0.15) is 0 Å². The summed E-state index contributed by atoms with van der Waals surface area (Å²) in [4.78, 5) is 2.55. The fraction of sp³-hybridized carbons (Fsp3) is 0.0959. The maximum Gasteiger partial charge on any atom is 0.0725 e. The van der Waals surface area contributed by atoms with Crippen LogP contribution >= 0.6 is 0 Å². The van der Waals surface area contributed by atoms with Crippen LogP contribution < -0.4 is 4.90 Å². The number of hydrogen-bond acceptors (Lipinski definition) is 1. The molecule has 0 radical (unpaired) electrons. The van der Waals surface area contributed by atoms with Gasteiger partial charge in [0, 0.05) is 27.6 Å². The first-order valence-corrected chi connectivity index (χ1v) is 26.3. The summed E-state index contributed by atoms with van der Waals surface area (Å²) in [6.45, 7) is 9.50. The molecular formula is C73H53N. The topological polar surface area (TPSA) is 3.24 Å². The van der Waals surface area contributed by atoms with Crippen LogP contribution in [0.1, 0.15) is 72.2 Å². The van der Waals surface area contributed by atoms with Crippen LogP contribution in [0.2, 0.25) is 0 Å². The molecule has 0 amide bonds. The average Bonchev–Trinajstić information content (AvgIpc) is 4.11. The van der Waals surface area contributed by atoms with Gasteiger partial charge in [-0.3, -0.25) is 0 Å². The lowest BCUT2D eigenvalue weighted by Crippen LogP contribution is -2.25. The molecular weight excluding hydrogens is 891 g/mol. The van der Waals surface area contributed by atoms with E-state index in [0.717, 1.165) is 17.1 Å². The van der Waals surface area contributed by atoms with E-state index in [2.05, 4.69) is 281 Å². The molecule has 0 N–H and O–H groups in total. The first-order valence-electron chi connectivity index (χ1n) is 26.3. The van der Waals surface area contributed by atoms with Gasteiger partial charge in [-0.25, -0.2) is 0 Å². The Labute approximate surface area is 434 Å². The second-order valence-electron chi connectivity index (χ2n) is 21.9. The van der Waals surface area contributed by atoms with E-state index in [4.69, 9.17) is 0 Å². The van der Waals surface area contributed by atoms with Crippen molar-refractivity contribution in [2.45, 2.75) is 43.9 Å². The van der Waals surface area contributed by atoms with E-state index in [1.165, 1.54) is 122 Å². The summed E-state index contributed by atoms with van der Waals surface area (Å²) in [6, 6.07) is 94.1. The van der Waals surface area contributed by atoms with Crippen molar-refractivity contribution in [3.05, 3.63) is 293 Å². The van der Waals surface area contributed by atoms with E-state index in [1.54, 1.807) is 0 Å². The van der Waals surface area contributed by atoms with Crippen LogP contribution in [0.15, 0.2) is 249 Å². The van der Waals surface area contributed by atoms with E-state index < -0.39 is 5.41 Å². The SMILES string of the molecule is CC1(C)c2ccccc2-c2ccc(-c3cccc(N(c4ccccc4-c4ccc5c(c4)C4(c6ccccc6-c6ccccc64)c4ccccc4-5)c4ccccc4-c4cccc5c4-c4ccccc4C5(C)C)c3)cc21. The lowest BCUT2D eigenvalue weighted by atomic mass is 9.70. The first-order chi connectivity index (χ1) is 36.2. The Bertz CT molecular complexity index is 4100. The highest BCUT2D eigenvalue weighted by Gasteiger charge is 2.51. The molecule has 0 aliphatic heterocycles.